The predicted octanol–water partition coefficient (Wildman–Crippen LogP) is 5.54. The van der Waals surface area contributed by atoms with E-state index < -0.39 is 17.6 Å². The van der Waals surface area contributed by atoms with Gasteiger partial charge in [0.1, 0.15) is 17.5 Å². The van der Waals surface area contributed by atoms with Crippen molar-refractivity contribution in [3.63, 3.8) is 0 Å². The van der Waals surface area contributed by atoms with Crippen LogP contribution in [0.3, 0.4) is 0 Å². The largest absolute Gasteiger partial charge is 0.419 e. The molecule has 1 aliphatic rings. The summed E-state index contributed by atoms with van der Waals surface area (Å²) in [6, 6.07) is 8.53. The highest BCUT2D eigenvalue weighted by Gasteiger charge is 2.36. The molecule has 0 atom stereocenters. The maximum atomic E-state index is 13.8. The second kappa shape index (κ2) is 12.1. The molecule has 1 saturated heterocycles. The van der Waals surface area contributed by atoms with Gasteiger partial charge in [-0.15, -0.1) is 0 Å². The number of nitrogens with zero attached hydrogens (tertiary/aromatic N) is 6. The van der Waals surface area contributed by atoms with E-state index in [0.717, 1.165) is 12.5 Å². The number of ether oxygens (including phenoxy) is 1. The van der Waals surface area contributed by atoms with Crippen LogP contribution in [0.15, 0.2) is 42.6 Å². The van der Waals surface area contributed by atoms with Crippen molar-refractivity contribution >= 4 is 29.2 Å². The van der Waals surface area contributed by atoms with Gasteiger partial charge in [0.25, 0.3) is 0 Å². The fourth-order valence-corrected chi connectivity index (χ4v) is 4.40. The van der Waals surface area contributed by atoms with E-state index in [1.807, 2.05) is 23.8 Å². The van der Waals surface area contributed by atoms with Gasteiger partial charge < -0.3 is 19.4 Å². The molecule has 1 aliphatic heterocycles. The molecule has 0 aliphatic carbocycles. The molecule has 1 fully saturated rings. The summed E-state index contributed by atoms with van der Waals surface area (Å²) < 4.78 is 59.8. The molecule has 0 radical (unpaired) electrons. The van der Waals surface area contributed by atoms with Gasteiger partial charge in [-0.1, -0.05) is 11.6 Å². The summed E-state index contributed by atoms with van der Waals surface area (Å²) in [4.78, 5) is 19.0. The Kier molecular flexibility index (Phi) is 8.88. The zero-order chi connectivity index (χ0) is 27.3. The molecule has 2 aromatic heterocycles. The average molecular weight is 553 g/mol. The summed E-state index contributed by atoms with van der Waals surface area (Å²) in [5.41, 5.74) is 0.447. The van der Waals surface area contributed by atoms with E-state index >= 15 is 0 Å². The number of aromatic nitrogens is 3. The van der Waals surface area contributed by atoms with Crippen molar-refractivity contribution in [2.24, 2.45) is 0 Å². The summed E-state index contributed by atoms with van der Waals surface area (Å²) in [6.07, 6.45) is -2.34. The number of rotatable bonds is 9. The highest BCUT2D eigenvalue weighted by molar-refractivity contribution is 6.31. The Morgan fingerprint density at radius 2 is 1.79 bits per heavy atom. The van der Waals surface area contributed by atoms with Crippen LogP contribution < -0.4 is 14.7 Å². The summed E-state index contributed by atoms with van der Waals surface area (Å²) in [5, 5.41) is -0.0151. The third-order valence-electron chi connectivity index (χ3n) is 6.24. The van der Waals surface area contributed by atoms with Gasteiger partial charge in [-0.2, -0.15) is 18.2 Å². The van der Waals surface area contributed by atoms with E-state index in [9.17, 15) is 17.6 Å². The van der Waals surface area contributed by atoms with Crippen molar-refractivity contribution in [2.45, 2.75) is 19.5 Å². The topological polar surface area (TPSA) is 57.6 Å². The molecule has 0 saturated carbocycles. The SMILES string of the molecule is CCOCCCN(C)c1nc(-c2ccc(F)c(Cl)c2)cc(N2CCN(c3ncccc3C(F)(F)F)CC2)n1. The van der Waals surface area contributed by atoms with Crippen LogP contribution in [0, 0.1) is 5.82 Å². The number of hydrogen-bond donors (Lipinski definition) is 0. The van der Waals surface area contributed by atoms with Crippen molar-refractivity contribution in [3.8, 4) is 11.3 Å². The molecule has 3 aromatic rings. The first-order chi connectivity index (χ1) is 18.2. The van der Waals surface area contributed by atoms with Crippen molar-refractivity contribution in [3.05, 3.63) is 59.0 Å². The van der Waals surface area contributed by atoms with Crippen LogP contribution in [0.4, 0.5) is 35.1 Å². The smallest absolute Gasteiger partial charge is 0.382 e. The lowest BCUT2D eigenvalue weighted by Gasteiger charge is -2.37. The summed E-state index contributed by atoms with van der Waals surface area (Å²) in [7, 11) is 1.88. The van der Waals surface area contributed by atoms with Gasteiger partial charge in [-0.05, 0) is 43.7 Å². The first-order valence-corrected chi connectivity index (χ1v) is 12.7. The fourth-order valence-electron chi connectivity index (χ4n) is 4.22. The maximum absolute atomic E-state index is 13.8. The number of pyridine rings is 1. The number of piperazine rings is 1. The summed E-state index contributed by atoms with van der Waals surface area (Å²) in [5.74, 6) is 0.500. The Morgan fingerprint density at radius 1 is 1.05 bits per heavy atom. The van der Waals surface area contributed by atoms with Gasteiger partial charge in [0.15, 0.2) is 0 Å². The predicted molar refractivity (Wildman–Crippen MR) is 140 cm³/mol. The first-order valence-electron chi connectivity index (χ1n) is 12.3. The van der Waals surface area contributed by atoms with Crippen LogP contribution in [0.2, 0.25) is 5.02 Å². The average Bonchev–Trinajstić information content (AvgIpc) is 2.92. The van der Waals surface area contributed by atoms with Gasteiger partial charge in [-0.25, -0.2) is 14.4 Å². The molecule has 0 spiro atoms. The Morgan fingerprint density at radius 3 is 2.47 bits per heavy atom. The minimum Gasteiger partial charge on any atom is -0.382 e. The van der Waals surface area contributed by atoms with Crippen molar-refractivity contribution in [1.29, 1.82) is 0 Å². The highest BCUT2D eigenvalue weighted by Crippen LogP contribution is 2.36. The Balaban J connectivity index is 1.58. The first kappa shape index (κ1) is 27.8. The van der Waals surface area contributed by atoms with Crippen LogP contribution in [0.25, 0.3) is 11.3 Å². The second-order valence-electron chi connectivity index (χ2n) is 8.86. The number of benzene rings is 1. The van der Waals surface area contributed by atoms with E-state index in [-0.39, 0.29) is 10.8 Å². The van der Waals surface area contributed by atoms with Crippen LogP contribution in [-0.4, -0.2) is 67.9 Å². The Labute approximate surface area is 224 Å². The van der Waals surface area contributed by atoms with E-state index in [1.54, 1.807) is 17.0 Å². The minimum absolute atomic E-state index is 0.0151. The molecule has 0 bridgehead atoms. The molecule has 204 valence electrons. The standard InChI is InChI=1S/C26H29ClF4N6O/c1-3-38-15-5-10-35(2)25-33-22(18-7-8-21(28)20(27)16-18)17-23(34-25)36-11-13-37(14-12-36)24-19(26(29,30)31)6-4-9-32-24/h4,6-9,16-17H,3,5,10-15H2,1-2H3. The molecule has 0 N–H and O–H groups in total. The fraction of sp³-hybridized carbons (Fsp3) is 0.423. The summed E-state index contributed by atoms with van der Waals surface area (Å²) >= 11 is 6.03. The minimum atomic E-state index is -4.49. The lowest BCUT2D eigenvalue weighted by Crippen LogP contribution is -2.47. The molecule has 38 heavy (non-hydrogen) atoms. The molecular formula is C26H29ClF4N6O. The summed E-state index contributed by atoms with van der Waals surface area (Å²) in [6.45, 7) is 5.37. The lowest BCUT2D eigenvalue weighted by molar-refractivity contribution is -0.137. The lowest BCUT2D eigenvalue weighted by atomic mass is 10.1. The number of anilines is 3. The zero-order valence-corrected chi connectivity index (χ0v) is 21.9. The van der Waals surface area contributed by atoms with Gasteiger partial charge in [-0.3, -0.25) is 0 Å². The molecule has 0 amide bonds. The number of halogens is 5. The molecule has 12 heteroatoms. The quantitative estimate of drug-likeness (QED) is 0.255. The van der Waals surface area contributed by atoms with Gasteiger partial charge >= 0.3 is 6.18 Å². The van der Waals surface area contributed by atoms with Crippen LogP contribution in [0.5, 0.6) is 0 Å². The molecule has 1 aromatic carbocycles. The Hall–Kier alpha value is -3.18. The molecule has 0 unspecified atom stereocenters. The van der Waals surface area contributed by atoms with Crippen LogP contribution in [0.1, 0.15) is 18.9 Å². The van der Waals surface area contributed by atoms with Crippen molar-refractivity contribution < 1.29 is 22.3 Å². The molecule has 4 rings (SSSR count). The third-order valence-corrected chi connectivity index (χ3v) is 6.53. The Bertz CT molecular complexity index is 1240. The van der Waals surface area contributed by atoms with Gasteiger partial charge in [0, 0.05) is 70.8 Å². The van der Waals surface area contributed by atoms with E-state index in [4.69, 9.17) is 26.3 Å². The molecule has 7 nitrogen and oxygen atoms in total. The highest BCUT2D eigenvalue weighted by atomic mass is 35.5. The third kappa shape index (κ3) is 6.63. The van der Waals surface area contributed by atoms with Crippen molar-refractivity contribution in [2.75, 3.05) is 67.7 Å². The van der Waals surface area contributed by atoms with E-state index in [1.165, 1.54) is 24.4 Å². The van der Waals surface area contributed by atoms with Crippen molar-refractivity contribution in [1.82, 2.24) is 15.0 Å². The molecule has 3 heterocycles. The van der Waals surface area contributed by atoms with Crippen LogP contribution in [-0.2, 0) is 10.9 Å². The normalized spacial score (nSPS) is 14.2. The van der Waals surface area contributed by atoms with Gasteiger partial charge in [0.05, 0.1) is 16.3 Å². The van der Waals surface area contributed by atoms with Gasteiger partial charge in [0.2, 0.25) is 5.95 Å². The zero-order valence-electron chi connectivity index (χ0n) is 21.2. The van der Waals surface area contributed by atoms with E-state index in [2.05, 4.69) is 4.98 Å². The number of alkyl halides is 3. The maximum Gasteiger partial charge on any atom is 0.419 e. The van der Waals surface area contributed by atoms with Crippen LogP contribution >= 0.6 is 11.6 Å². The monoisotopic (exact) mass is 552 g/mol. The van der Waals surface area contributed by atoms with E-state index in [0.29, 0.717) is 69.0 Å². The second-order valence-corrected chi connectivity index (χ2v) is 9.27. The number of hydrogen-bond acceptors (Lipinski definition) is 7. The molecular weight excluding hydrogens is 524 g/mol.